The second kappa shape index (κ2) is 10.7. The third-order valence-electron chi connectivity index (χ3n) is 7.89. The van der Waals surface area contributed by atoms with Gasteiger partial charge in [0.05, 0.1) is 28.6 Å². The number of rotatable bonds is 8. The highest BCUT2D eigenvalue weighted by Crippen LogP contribution is 2.68. The van der Waals surface area contributed by atoms with E-state index in [4.69, 9.17) is 5.73 Å². The lowest BCUT2D eigenvalue weighted by Gasteiger charge is -2.22. The highest BCUT2D eigenvalue weighted by molar-refractivity contribution is 5.94. The van der Waals surface area contributed by atoms with Gasteiger partial charge in [-0.3, -0.25) is 19.3 Å². The summed E-state index contributed by atoms with van der Waals surface area (Å²) in [6, 6.07) is 7.63. The summed E-state index contributed by atoms with van der Waals surface area (Å²) < 4.78 is 114. The molecule has 0 bridgehead atoms. The van der Waals surface area contributed by atoms with E-state index in [0.717, 1.165) is 24.3 Å². The van der Waals surface area contributed by atoms with Crippen LogP contribution in [0.2, 0.25) is 0 Å². The summed E-state index contributed by atoms with van der Waals surface area (Å²) in [5.41, 5.74) is 1.94. The van der Waals surface area contributed by atoms with Crippen molar-refractivity contribution < 1.29 is 44.7 Å². The van der Waals surface area contributed by atoms with Crippen LogP contribution in [-0.4, -0.2) is 26.6 Å². The van der Waals surface area contributed by atoms with Gasteiger partial charge >= 0.3 is 6.18 Å². The number of pyridine rings is 1. The maximum absolute atomic E-state index is 14.8. The number of hydrogen-bond donors (Lipinski definition) is 2. The predicted molar refractivity (Wildman–Crippen MR) is 141 cm³/mol. The molecule has 3 atom stereocenters. The van der Waals surface area contributed by atoms with E-state index in [2.05, 4.69) is 15.4 Å². The van der Waals surface area contributed by atoms with E-state index in [9.17, 15) is 44.7 Å². The molecule has 3 unspecified atom stereocenters. The van der Waals surface area contributed by atoms with Crippen LogP contribution in [-0.2, 0) is 29.9 Å². The molecule has 1 fully saturated rings. The summed E-state index contributed by atoms with van der Waals surface area (Å²) in [6.45, 7) is -1.12. The van der Waals surface area contributed by atoms with Crippen LogP contribution in [0.1, 0.15) is 56.9 Å². The van der Waals surface area contributed by atoms with Gasteiger partial charge in [-0.1, -0.05) is 12.1 Å². The molecule has 234 valence electrons. The fourth-order valence-corrected chi connectivity index (χ4v) is 5.93. The molecule has 2 aliphatic carbocycles. The summed E-state index contributed by atoms with van der Waals surface area (Å²) in [4.78, 5) is 29.3. The first-order chi connectivity index (χ1) is 21.1. The van der Waals surface area contributed by atoms with Gasteiger partial charge in [-0.2, -0.15) is 18.3 Å². The van der Waals surface area contributed by atoms with E-state index in [1.165, 1.54) is 24.4 Å². The molecule has 7 nitrogen and oxygen atoms in total. The largest absolute Gasteiger partial charge is 0.433 e. The van der Waals surface area contributed by atoms with Crippen LogP contribution in [0.3, 0.4) is 0 Å². The molecule has 0 radical (unpaired) electrons. The van der Waals surface area contributed by atoms with Gasteiger partial charge < -0.3 is 11.1 Å². The molecule has 45 heavy (non-hydrogen) atoms. The standard InChI is InChI=1S/C30H21F8N5O2/c31-15-6-13(7-16(32)10-15)8-22(25-17(2-1-5-40-25)14-3-4-21(33)19(9-14)28(39)45)41-23(44)12-43-27(30(36,37)38)24-26(42-43)18-11-20(18)29(24,34)35/h1-7,9-10,18,20,22H,8,11-12H2,(H2,39,45)(H,41,44). The van der Waals surface area contributed by atoms with Gasteiger partial charge in [0.15, 0.2) is 5.69 Å². The number of benzene rings is 2. The maximum atomic E-state index is 14.8. The second-order valence-corrected chi connectivity index (χ2v) is 10.9. The molecule has 0 saturated heterocycles. The second-order valence-electron chi connectivity index (χ2n) is 10.9. The molecule has 4 aromatic rings. The molecule has 0 aliphatic heterocycles. The van der Waals surface area contributed by atoms with E-state index < -0.39 is 88.3 Å². The topological polar surface area (TPSA) is 103 Å². The fraction of sp³-hybridized carbons (Fsp3) is 0.267. The van der Waals surface area contributed by atoms with Crippen molar-refractivity contribution in [2.45, 2.75) is 43.4 Å². The van der Waals surface area contributed by atoms with E-state index in [0.29, 0.717) is 6.07 Å². The molecular formula is C30H21F8N5O2. The number of fused-ring (bicyclic) bond motifs is 3. The quantitative estimate of drug-likeness (QED) is 0.240. The Bertz CT molecular complexity index is 1830. The Hall–Kier alpha value is -4.82. The van der Waals surface area contributed by atoms with Gasteiger partial charge in [0.25, 0.3) is 11.8 Å². The number of nitrogens with zero attached hydrogens (tertiary/aromatic N) is 3. The van der Waals surface area contributed by atoms with Gasteiger partial charge in [0.1, 0.15) is 24.0 Å². The molecule has 2 heterocycles. The molecule has 2 aromatic carbocycles. The Kier molecular flexibility index (Phi) is 7.16. The smallest absolute Gasteiger partial charge is 0.366 e. The Balaban J connectivity index is 1.38. The molecule has 2 amide bonds. The van der Waals surface area contributed by atoms with Crippen molar-refractivity contribution in [3.8, 4) is 11.1 Å². The minimum Gasteiger partial charge on any atom is -0.366 e. The van der Waals surface area contributed by atoms with Crippen molar-refractivity contribution >= 4 is 11.8 Å². The fourth-order valence-electron chi connectivity index (χ4n) is 5.93. The van der Waals surface area contributed by atoms with Crippen molar-refractivity contribution in [2.24, 2.45) is 11.7 Å². The summed E-state index contributed by atoms with van der Waals surface area (Å²) in [7, 11) is 0. The SMILES string of the molecule is NC(=O)c1cc(-c2cccnc2C(Cc2cc(F)cc(F)c2)NC(=O)Cn2nc3c(c2C(F)(F)F)C(F)(F)C2CC32)ccc1F. The van der Waals surface area contributed by atoms with Crippen LogP contribution in [0.15, 0.2) is 54.7 Å². The molecule has 0 spiro atoms. The van der Waals surface area contributed by atoms with Crippen LogP contribution in [0.5, 0.6) is 0 Å². The average molecular weight is 636 g/mol. The van der Waals surface area contributed by atoms with Crippen molar-refractivity contribution in [1.29, 1.82) is 0 Å². The Morgan fingerprint density at radius 1 is 1.07 bits per heavy atom. The van der Waals surface area contributed by atoms with Gasteiger partial charge in [-0.05, 0) is 54.3 Å². The maximum Gasteiger partial charge on any atom is 0.433 e. The van der Waals surface area contributed by atoms with Crippen molar-refractivity contribution in [1.82, 2.24) is 20.1 Å². The van der Waals surface area contributed by atoms with Crippen LogP contribution < -0.4 is 11.1 Å². The summed E-state index contributed by atoms with van der Waals surface area (Å²) >= 11 is 0. The highest BCUT2D eigenvalue weighted by atomic mass is 19.4. The first-order valence-corrected chi connectivity index (χ1v) is 13.5. The van der Waals surface area contributed by atoms with Crippen LogP contribution >= 0.6 is 0 Å². The zero-order valence-electron chi connectivity index (χ0n) is 22.8. The van der Waals surface area contributed by atoms with Crippen molar-refractivity contribution in [3.05, 3.63) is 106 Å². The summed E-state index contributed by atoms with van der Waals surface area (Å²) in [5, 5.41) is 6.25. The third-order valence-corrected chi connectivity index (χ3v) is 7.89. The van der Waals surface area contributed by atoms with Gasteiger partial charge in [0.2, 0.25) is 5.91 Å². The number of halogens is 8. The molecule has 2 aliphatic rings. The van der Waals surface area contributed by atoms with Crippen LogP contribution in [0.25, 0.3) is 11.1 Å². The van der Waals surface area contributed by atoms with Crippen LogP contribution in [0, 0.1) is 23.4 Å². The average Bonchev–Trinajstić information content (AvgIpc) is 3.61. The number of primary amides is 1. The minimum atomic E-state index is -5.26. The first kappa shape index (κ1) is 30.2. The lowest BCUT2D eigenvalue weighted by Crippen LogP contribution is -2.35. The number of nitrogens with one attached hydrogen (secondary N) is 1. The Morgan fingerprint density at radius 3 is 2.44 bits per heavy atom. The Morgan fingerprint density at radius 2 is 1.78 bits per heavy atom. The van der Waals surface area contributed by atoms with E-state index in [1.807, 2.05) is 0 Å². The molecule has 1 saturated carbocycles. The molecule has 15 heteroatoms. The number of amides is 2. The number of carbonyl (C=O) groups is 2. The zero-order chi connectivity index (χ0) is 32.4. The van der Waals surface area contributed by atoms with Gasteiger partial charge in [0, 0.05) is 29.7 Å². The van der Waals surface area contributed by atoms with Gasteiger partial charge in [-0.15, -0.1) is 0 Å². The number of alkyl halides is 5. The van der Waals surface area contributed by atoms with E-state index in [-0.39, 0.29) is 39.9 Å². The monoisotopic (exact) mass is 635 g/mol. The van der Waals surface area contributed by atoms with Crippen molar-refractivity contribution in [3.63, 3.8) is 0 Å². The third kappa shape index (κ3) is 5.51. The molecular weight excluding hydrogens is 614 g/mol. The highest BCUT2D eigenvalue weighted by Gasteiger charge is 2.68. The first-order valence-electron chi connectivity index (χ1n) is 13.5. The van der Waals surface area contributed by atoms with Crippen molar-refractivity contribution in [2.75, 3.05) is 0 Å². The molecule has 6 rings (SSSR count). The number of carbonyl (C=O) groups excluding carboxylic acids is 2. The van der Waals surface area contributed by atoms with E-state index >= 15 is 0 Å². The summed E-state index contributed by atoms with van der Waals surface area (Å²) in [6.07, 6.45) is -4.31. The normalized spacial score (nSPS) is 18.7. The Labute approximate surface area is 249 Å². The van der Waals surface area contributed by atoms with Gasteiger partial charge in [-0.25, -0.2) is 22.0 Å². The summed E-state index contributed by atoms with van der Waals surface area (Å²) in [5.74, 6) is -10.8. The van der Waals surface area contributed by atoms with E-state index in [1.54, 1.807) is 0 Å². The predicted octanol–water partition coefficient (Wildman–Crippen LogP) is 5.79. The zero-order valence-corrected chi connectivity index (χ0v) is 22.8. The lowest BCUT2D eigenvalue weighted by atomic mass is 9.94. The minimum absolute atomic E-state index is 0.0178. The lowest BCUT2D eigenvalue weighted by molar-refractivity contribution is -0.149. The number of nitrogens with two attached hydrogens (primary N) is 1. The molecule has 3 N–H and O–H groups in total. The number of hydrogen-bond acceptors (Lipinski definition) is 4. The number of aromatic nitrogens is 3. The molecule has 2 aromatic heterocycles. The van der Waals surface area contributed by atoms with Crippen LogP contribution in [0.4, 0.5) is 35.1 Å².